The van der Waals surface area contributed by atoms with Crippen molar-refractivity contribution in [3.63, 3.8) is 0 Å². The summed E-state index contributed by atoms with van der Waals surface area (Å²) in [7, 11) is 1.60. The van der Waals surface area contributed by atoms with Crippen molar-refractivity contribution < 1.29 is 4.74 Å². The van der Waals surface area contributed by atoms with E-state index >= 15 is 0 Å². The number of anilines is 1. The number of rotatable bonds is 6. The van der Waals surface area contributed by atoms with Crippen LogP contribution in [-0.4, -0.2) is 29.2 Å². The van der Waals surface area contributed by atoms with Crippen LogP contribution in [-0.2, 0) is 0 Å². The van der Waals surface area contributed by atoms with Gasteiger partial charge in [0.15, 0.2) is 0 Å². The number of nitrogens with zero attached hydrogens (tertiary/aromatic N) is 2. The van der Waals surface area contributed by atoms with Gasteiger partial charge in [0, 0.05) is 18.2 Å². The van der Waals surface area contributed by atoms with Gasteiger partial charge in [-0.25, -0.2) is 4.98 Å². The normalized spacial score (nSPS) is 14.4. The van der Waals surface area contributed by atoms with Crippen molar-refractivity contribution in [2.75, 3.05) is 19.0 Å². The first-order chi connectivity index (χ1) is 8.38. The smallest absolute Gasteiger partial charge is 0.218 e. The number of hydrogen-bond acceptors (Lipinski definition) is 5. The first-order valence-corrected chi connectivity index (χ1v) is 6.26. The summed E-state index contributed by atoms with van der Waals surface area (Å²) in [5.41, 5.74) is 5.71. The van der Waals surface area contributed by atoms with Crippen molar-refractivity contribution in [2.45, 2.75) is 39.7 Å². The summed E-state index contributed by atoms with van der Waals surface area (Å²) in [5.74, 6) is 2.57. The molecule has 0 aromatic carbocycles. The second kappa shape index (κ2) is 6.00. The summed E-state index contributed by atoms with van der Waals surface area (Å²) >= 11 is 0. The summed E-state index contributed by atoms with van der Waals surface area (Å²) in [6, 6.07) is 1.79. The molecule has 3 N–H and O–H groups in total. The molecule has 5 nitrogen and oxygen atoms in total. The van der Waals surface area contributed by atoms with Crippen LogP contribution in [0.25, 0.3) is 0 Å². The first-order valence-electron chi connectivity index (χ1n) is 6.26. The van der Waals surface area contributed by atoms with E-state index in [1.807, 2.05) is 6.92 Å². The Balaban J connectivity index is 2.90. The predicted molar refractivity (Wildman–Crippen MR) is 73.9 cm³/mol. The van der Waals surface area contributed by atoms with E-state index in [1.54, 1.807) is 13.2 Å². The van der Waals surface area contributed by atoms with Gasteiger partial charge in [0.2, 0.25) is 5.88 Å². The summed E-state index contributed by atoms with van der Waals surface area (Å²) in [6.45, 7) is 8.87. The minimum absolute atomic E-state index is 0.167. The van der Waals surface area contributed by atoms with Gasteiger partial charge >= 0.3 is 0 Å². The van der Waals surface area contributed by atoms with Crippen LogP contribution in [0.1, 0.15) is 33.0 Å². The fourth-order valence-corrected chi connectivity index (χ4v) is 2.10. The van der Waals surface area contributed by atoms with Gasteiger partial charge in [0.1, 0.15) is 11.6 Å². The van der Waals surface area contributed by atoms with E-state index in [0.29, 0.717) is 24.2 Å². The monoisotopic (exact) mass is 252 g/mol. The molecule has 1 aromatic heterocycles. The molecule has 1 rings (SSSR count). The third kappa shape index (κ3) is 4.14. The first kappa shape index (κ1) is 14.7. The molecule has 1 unspecified atom stereocenters. The van der Waals surface area contributed by atoms with Crippen LogP contribution in [0.5, 0.6) is 5.88 Å². The highest BCUT2D eigenvalue weighted by Crippen LogP contribution is 2.22. The molecule has 0 saturated heterocycles. The topological polar surface area (TPSA) is 73.1 Å². The zero-order chi connectivity index (χ0) is 13.8. The number of methoxy groups -OCH3 is 1. The number of aromatic nitrogens is 2. The highest BCUT2D eigenvalue weighted by Gasteiger charge is 2.24. The molecule has 5 heteroatoms. The van der Waals surface area contributed by atoms with Crippen molar-refractivity contribution in [2.24, 2.45) is 11.7 Å². The van der Waals surface area contributed by atoms with Crippen LogP contribution >= 0.6 is 0 Å². The maximum atomic E-state index is 5.87. The quantitative estimate of drug-likeness (QED) is 0.809. The molecule has 0 saturated carbocycles. The molecule has 1 atom stereocenters. The second-order valence-corrected chi connectivity index (χ2v) is 5.33. The molecular weight excluding hydrogens is 228 g/mol. The number of ether oxygens (including phenoxy) is 1. The Hall–Kier alpha value is -1.36. The van der Waals surface area contributed by atoms with Crippen molar-refractivity contribution in [3.05, 3.63) is 11.9 Å². The van der Waals surface area contributed by atoms with E-state index in [-0.39, 0.29) is 5.54 Å². The number of nitrogens with two attached hydrogens (primary N) is 1. The van der Waals surface area contributed by atoms with E-state index in [2.05, 4.69) is 36.1 Å². The Morgan fingerprint density at radius 2 is 2.11 bits per heavy atom. The van der Waals surface area contributed by atoms with Gasteiger partial charge in [-0.3, -0.25) is 0 Å². The molecule has 0 spiro atoms. The van der Waals surface area contributed by atoms with Gasteiger partial charge in [-0.2, -0.15) is 4.98 Å². The largest absolute Gasteiger partial charge is 0.481 e. The van der Waals surface area contributed by atoms with Gasteiger partial charge in [0.25, 0.3) is 0 Å². The summed E-state index contributed by atoms with van der Waals surface area (Å²) in [5, 5.41) is 3.40. The molecule has 0 aliphatic carbocycles. The molecule has 18 heavy (non-hydrogen) atoms. The fourth-order valence-electron chi connectivity index (χ4n) is 2.10. The molecule has 0 aliphatic heterocycles. The van der Waals surface area contributed by atoms with Gasteiger partial charge in [-0.1, -0.05) is 13.8 Å². The van der Waals surface area contributed by atoms with Crippen LogP contribution in [0.15, 0.2) is 6.07 Å². The number of aryl methyl sites for hydroxylation is 1. The van der Waals surface area contributed by atoms with Gasteiger partial charge in [-0.05, 0) is 26.2 Å². The molecular formula is C13H24N4O. The molecule has 0 fully saturated rings. The van der Waals surface area contributed by atoms with E-state index < -0.39 is 0 Å². The van der Waals surface area contributed by atoms with Crippen molar-refractivity contribution in [1.29, 1.82) is 0 Å². The minimum atomic E-state index is -0.167. The average molecular weight is 252 g/mol. The standard InChI is InChI=1S/C13H24N4O/c1-9(2)7-13(4,8-14)17-11-6-12(18-5)16-10(3)15-11/h6,9H,7-8,14H2,1-5H3,(H,15,16,17). The maximum Gasteiger partial charge on any atom is 0.218 e. The average Bonchev–Trinajstić information content (AvgIpc) is 2.26. The zero-order valence-corrected chi connectivity index (χ0v) is 11.9. The molecule has 0 bridgehead atoms. The second-order valence-electron chi connectivity index (χ2n) is 5.33. The minimum Gasteiger partial charge on any atom is -0.481 e. The molecule has 0 aliphatic rings. The molecule has 102 valence electrons. The summed E-state index contributed by atoms with van der Waals surface area (Å²) < 4.78 is 5.14. The number of hydrogen-bond donors (Lipinski definition) is 2. The van der Waals surface area contributed by atoms with Gasteiger partial charge in [-0.15, -0.1) is 0 Å². The highest BCUT2D eigenvalue weighted by molar-refractivity contribution is 5.41. The Labute approximate surface area is 109 Å². The lowest BCUT2D eigenvalue weighted by molar-refractivity contribution is 0.392. The summed E-state index contributed by atoms with van der Waals surface area (Å²) in [6.07, 6.45) is 0.981. The third-order valence-electron chi connectivity index (χ3n) is 2.76. The van der Waals surface area contributed by atoms with Crippen LogP contribution in [0, 0.1) is 12.8 Å². The predicted octanol–water partition coefficient (Wildman–Crippen LogP) is 1.97. The van der Waals surface area contributed by atoms with E-state index in [4.69, 9.17) is 10.5 Å². The van der Waals surface area contributed by atoms with E-state index in [0.717, 1.165) is 12.2 Å². The van der Waals surface area contributed by atoms with Crippen LogP contribution in [0.4, 0.5) is 5.82 Å². The number of nitrogens with one attached hydrogen (secondary N) is 1. The Morgan fingerprint density at radius 3 is 2.61 bits per heavy atom. The Morgan fingerprint density at radius 1 is 1.44 bits per heavy atom. The Kier molecular flexibility index (Phi) is 4.90. The summed E-state index contributed by atoms with van der Waals surface area (Å²) in [4.78, 5) is 8.53. The maximum absolute atomic E-state index is 5.87. The van der Waals surface area contributed by atoms with E-state index in [9.17, 15) is 0 Å². The van der Waals surface area contributed by atoms with Crippen LogP contribution in [0.3, 0.4) is 0 Å². The Bertz CT molecular complexity index is 395. The van der Waals surface area contributed by atoms with Crippen LogP contribution in [0.2, 0.25) is 0 Å². The van der Waals surface area contributed by atoms with E-state index in [1.165, 1.54) is 0 Å². The lowest BCUT2D eigenvalue weighted by atomic mass is 9.91. The van der Waals surface area contributed by atoms with Crippen molar-refractivity contribution in [1.82, 2.24) is 9.97 Å². The molecule has 0 amide bonds. The highest BCUT2D eigenvalue weighted by atomic mass is 16.5. The SMILES string of the molecule is COc1cc(NC(C)(CN)CC(C)C)nc(C)n1. The molecule has 1 heterocycles. The zero-order valence-electron chi connectivity index (χ0n) is 11.9. The molecule has 1 aromatic rings. The fraction of sp³-hybridized carbons (Fsp3) is 0.692. The molecule has 0 radical (unpaired) electrons. The van der Waals surface area contributed by atoms with Gasteiger partial charge < -0.3 is 15.8 Å². The van der Waals surface area contributed by atoms with Crippen LogP contribution < -0.4 is 15.8 Å². The van der Waals surface area contributed by atoms with Crippen molar-refractivity contribution in [3.8, 4) is 5.88 Å². The third-order valence-corrected chi connectivity index (χ3v) is 2.76. The lowest BCUT2D eigenvalue weighted by Gasteiger charge is -2.31. The van der Waals surface area contributed by atoms with Crippen molar-refractivity contribution >= 4 is 5.82 Å². The van der Waals surface area contributed by atoms with Gasteiger partial charge in [0.05, 0.1) is 7.11 Å². The lowest BCUT2D eigenvalue weighted by Crippen LogP contribution is -2.43.